The van der Waals surface area contributed by atoms with E-state index in [-0.39, 0.29) is 38.0 Å². The summed E-state index contributed by atoms with van der Waals surface area (Å²) in [7, 11) is -0.511. The van der Waals surface area contributed by atoms with Crippen LogP contribution in [-0.2, 0) is 24.4 Å². The summed E-state index contributed by atoms with van der Waals surface area (Å²) < 4.78 is 7.94. The van der Waals surface area contributed by atoms with Crippen LogP contribution in [0, 0.1) is 0 Å². The van der Waals surface area contributed by atoms with Gasteiger partial charge in [0.25, 0.3) is 0 Å². The van der Waals surface area contributed by atoms with Crippen LogP contribution < -0.4 is 10.2 Å². The van der Waals surface area contributed by atoms with E-state index in [0.717, 1.165) is 21.8 Å². The lowest BCUT2D eigenvalue weighted by molar-refractivity contribution is -0.129. The van der Waals surface area contributed by atoms with Crippen LogP contribution in [0.2, 0.25) is 5.02 Å². The van der Waals surface area contributed by atoms with Crippen LogP contribution in [0.3, 0.4) is 0 Å². The average molecular weight is 606 g/mol. The van der Waals surface area contributed by atoms with Gasteiger partial charge in [-0.25, -0.2) is 9.98 Å². The fourth-order valence-corrected chi connectivity index (χ4v) is 7.01. The molecular formula is C31H32ClN5O4S. The lowest BCUT2D eigenvalue weighted by Gasteiger charge is -2.22. The molecule has 1 aliphatic heterocycles. The number of benzene rings is 2. The van der Waals surface area contributed by atoms with Crippen LogP contribution >= 0.6 is 22.1 Å². The zero-order chi connectivity index (χ0) is 29.3. The number of carbonyl (C=O) groups is 1. The molecule has 2 aromatic carbocycles. The maximum atomic E-state index is 13.2. The first-order valence-electron chi connectivity index (χ1n) is 13.6. The molecular weight excluding hydrogens is 574 g/mol. The van der Waals surface area contributed by atoms with Crippen LogP contribution in [0.25, 0.3) is 0 Å². The second-order valence-electron chi connectivity index (χ2n) is 9.57. The molecule has 0 fully saturated rings. The number of aromatic nitrogens is 3. The van der Waals surface area contributed by atoms with Crippen LogP contribution in [0.15, 0.2) is 89.3 Å². The minimum atomic E-state index is -0.511. The number of fused-ring (bicyclic) bond motifs is 1. The van der Waals surface area contributed by atoms with Crippen molar-refractivity contribution in [3.8, 4) is 5.75 Å². The molecule has 0 radical (unpaired) electrons. The molecule has 218 valence electrons. The summed E-state index contributed by atoms with van der Waals surface area (Å²) in [5.41, 5.74) is 4.10. The smallest absolute Gasteiger partial charge is 0.232 e. The zero-order valence-electron chi connectivity index (χ0n) is 23.0. The quantitative estimate of drug-likeness (QED) is 0.189. The van der Waals surface area contributed by atoms with Crippen LogP contribution in [0.1, 0.15) is 16.8 Å². The third-order valence-corrected chi connectivity index (χ3v) is 9.06. The van der Waals surface area contributed by atoms with Crippen molar-refractivity contribution < 1.29 is 19.7 Å². The molecule has 2 aromatic heterocycles. The van der Waals surface area contributed by atoms with Crippen LogP contribution in [0.4, 0.5) is 5.69 Å². The van der Waals surface area contributed by atoms with Gasteiger partial charge >= 0.3 is 0 Å². The van der Waals surface area contributed by atoms with Gasteiger partial charge in [-0.15, -0.1) is 10.5 Å². The van der Waals surface area contributed by atoms with E-state index in [0.29, 0.717) is 41.5 Å². The highest BCUT2D eigenvalue weighted by Crippen LogP contribution is 2.34. The van der Waals surface area contributed by atoms with Crippen molar-refractivity contribution in [1.29, 1.82) is 0 Å². The zero-order valence-corrected chi connectivity index (χ0v) is 24.5. The fourth-order valence-electron chi connectivity index (χ4n) is 4.65. The maximum Gasteiger partial charge on any atom is 0.232 e. The Morgan fingerprint density at radius 1 is 1.05 bits per heavy atom. The number of halogens is 1. The van der Waals surface area contributed by atoms with E-state index in [4.69, 9.17) is 26.3 Å². The van der Waals surface area contributed by atoms with Gasteiger partial charge in [0.05, 0.1) is 46.7 Å². The minimum absolute atomic E-state index is 0.111. The molecule has 42 heavy (non-hydrogen) atoms. The highest BCUT2D eigenvalue weighted by atomic mass is 35.5. The molecule has 4 aromatic rings. The monoisotopic (exact) mass is 605 g/mol. The first-order valence-corrected chi connectivity index (χ1v) is 15.4. The average Bonchev–Trinajstić information content (AvgIpc) is 3.43. The summed E-state index contributed by atoms with van der Waals surface area (Å²) in [6, 6.07) is 21.1. The number of aliphatic hydroxyl groups is 2. The third-order valence-electron chi connectivity index (χ3n) is 6.66. The number of aliphatic hydroxyl groups excluding tert-OH is 2. The number of hydrogen-bond acceptors (Lipinski definition) is 7. The molecule has 1 aliphatic rings. The Morgan fingerprint density at radius 2 is 1.83 bits per heavy atom. The molecule has 0 bridgehead atoms. The van der Waals surface area contributed by atoms with Gasteiger partial charge in [0.1, 0.15) is 12.4 Å². The van der Waals surface area contributed by atoms with Gasteiger partial charge in [0.2, 0.25) is 5.91 Å². The number of amides is 1. The first-order chi connectivity index (χ1) is 20.6. The Kier molecular flexibility index (Phi) is 10.1. The topological polar surface area (TPSA) is 113 Å². The number of hydrogen-bond donors (Lipinski definition) is 2. The Labute approximate surface area is 251 Å². The summed E-state index contributed by atoms with van der Waals surface area (Å²) in [6.07, 6.45) is 4.11. The van der Waals surface area contributed by atoms with Crippen molar-refractivity contribution in [2.24, 2.45) is 4.99 Å². The molecule has 9 nitrogen and oxygen atoms in total. The lowest BCUT2D eigenvalue weighted by atomic mass is 10.2. The van der Waals surface area contributed by atoms with Crippen LogP contribution in [0.5, 0.6) is 5.75 Å². The predicted molar refractivity (Wildman–Crippen MR) is 164 cm³/mol. The molecule has 0 saturated carbocycles. The van der Waals surface area contributed by atoms with Gasteiger partial charge < -0.3 is 24.4 Å². The lowest BCUT2D eigenvalue weighted by Crippen LogP contribution is -2.37. The number of pyridine rings is 1. The van der Waals surface area contributed by atoms with Gasteiger partial charge in [-0.2, -0.15) is 0 Å². The largest absolute Gasteiger partial charge is 0.486 e. The van der Waals surface area contributed by atoms with Gasteiger partial charge in [0, 0.05) is 37.8 Å². The summed E-state index contributed by atoms with van der Waals surface area (Å²) in [5.74, 6) is 0.677. The van der Waals surface area contributed by atoms with Gasteiger partial charge in [0.15, 0.2) is 5.49 Å². The van der Waals surface area contributed by atoms with E-state index in [2.05, 4.69) is 27.1 Å². The Balaban J connectivity index is 1.45. The molecule has 5 rings (SSSR count). The second kappa shape index (κ2) is 14.4. The summed E-state index contributed by atoms with van der Waals surface area (Å²) >= 11 is 6.54. The third kappa shape index (κ3) is 7.32. The second-order valence-corrected chi connectivity index (χ2v) is 11.8. The van der Waals surface area contributed by atoms with Crippen molar-refractivity contribution >= 4 is 39.0 Å². The predicted octanol–water partition coefficient (Wildman–Crippen LogP) is 3.59. The fraction of sp³-hybridized carbons (Fsp3) is 0.258. The normalized spacial score (nSPS) is 14.4. The van der Waals surface area contributed by atoms with Crippen molar-refractivity contribution in [2.45, 2.75) is 24.6 Å². The Morgan fingerprint density at radius 3 is 2.55 bits per heavy atom. The van der Waals surface area contributed by atoms with Gasteiger partial charge in [-0.05, 0) is 35.9 Å². The van der Waals surface area contributed by atoms with E-state index in [1.165, 1.54) is 4.90 Å². The molecule has 11 heteroatoms. The molecule has 0 spiro atoms. The molecule has 0 aliphatic carbocycles. The number of rotatable bonds is 12. The molecule has 1 unspecified atom stereocenters. The SMILES string of the molecule is O=C(CS1=CCc2c1n(Cc1ccccc1)cnc2=Nc1ccc(OCc2ccccn2)c(Cl)c1)N(CCO)CCO. The number of carbonyl (C=O) groups excluding carboxylic acids is 1. The number of ether oxygens (including phenoxy) is 1. The van der Waals surface area contributed by atoms with E-state index in [1.807, 2.05) is 42.5 Å². The Bertz CT molecular complexity index is 1620. The summed E-state index contributed by atoms with van der Waals surface area (Å²) in [4.78, 5) is 28.5. The molecule has 2 N–H and O–H groups in total. The molecule has 3 heterocycles. The van der Waals surface area contributed by atoms with Gasteiger partial charge in [-0.3, -0.25) is 9.78 Å². The molecule has 0 saturated heterocycles. The summed E-state index contributed by atoms with van der Waals surface area (Å²) in [6.45, 7) is 0.969. The summed E-state index contributed by atoms with van der Waals surface area (Å²) in [5, 5.41) is 22.4. The number of nitrogens with zero attached hydrogens (tertiary/aromatic N) is 5. The van der Waals surface area contributed by atoms with Crippen molar-refractivity contribution in [2.75, 3.05) is 32.1 Å². The highest BCUT2D eigenvalue weighted by Gasteiger charge is 2.24. The minimum Gasteiger partial charge on any atom is -0.486 e. The van der Waals surface area contributed by atoms with Crippen LogP contribution in [-0.4, -0.2) is 73.0 Å². The van der Waals surface area contributed by atoms with Gasteiger partial charge in [-0.1, -0.05) is 53.4 Å². The standard InChI is InChI=1S/C31H32ClN5O4S/c32-27-18-24(9-10-28(27)41-20-25-8-4-5-12-33-25)35-30-26-11-17-42(21-29(40)36(13-15-38)14-16-39)31(26)37(22-34-30)19-23-6-2-1-3-7-23/h1-10,12,17-18,22,38-39H,11,13-16,19-21H2. The molecule has 1 amide bonds. The molecule has 1 atom stereocenters. The Hall–Kier alpha value is -3.83. The van der Waals surface area contributed by atoms with E-state index >= 15 is 0 Å². The highest BCUT2D eigenvalue weighted by molar-refractivity contribution is 8.15. The van der Waals surface area contributed by atoms with E-state index < -0.39 is 10.5 Å². The first kappa shape index (κ1) is 29.7. The maximum absolute atomic E-state index is 13.2. The van der Waals surface area contributed by atoms with Crippen molar-refractivity contribution in [3.05, 3.63) is 107 Å². The van der Waals surface area contributed by atoms with Crippen molar-refractivity contribution in [1.82, 2.24) is 19.4 Å². The van der Waals surface area contributed by atoms with E-state index in [1.54, 1.807) is 24.7 Å². The van der Waals surface area contributed by atoms with Crippen molar-refractivity contribution in [3.63, 3.8) is 0 Å². The van der Waals surface area contributed by atoms with E-state index in [9.17, 15) is 15.0 Å².